The summed E-state index contributed by atoms with van der Waals surface area (Å²) in [5, 5.41) is 0. The Balaban J connectivity index is 1.62. The predicted molar refractivity (Wildman–Crippen MR) is 105 cm³/mol. The van der Waals surface area contributed by atoms with E-state index < -0.39 is 24.1 Å². The van der Waals surface area contributed by atoms with Gasteiger partial charge in [0.25, 0.3) is 0 Å². The van der Waals surface area contributed by atoms with Gasteiger partial charge in [-0.3, -0.25) is 0 Å². The van der Waals surface area contributed by atoms with Crippen LogP contribution >= 0.6 is 0 Å². The summed E-state index contributed by atoms with van der Waals surface area (Å²) in [6.45, 7) is 7.38. The highest BCUT2D eigenvalue weighted by Gasteiger charge is 2.34. The van der Waals surface area contributed by atoms with Crippen LogP contribution in [0.2, 0.25) is 0 Å². The number of ether oxygens (including phenoxy) is 2. The van der Waals surface area contributed by atoms with Crippen molar-refractivity contribution in [1.29, 1.82) is 0 Å². The number of hydrogen-bond acceptors (Lipinski definition) is 4. The molecule has 27 heavy (non-hydrogen) atoms. The first kappa shape index (κ1) is 18.6. The third-order valence-electron chi connectivity index (χ3n) is 4.67. The average molecular weight is 362 g/mol. The largest absolute Gasteiger partial charge is 0.455 e. The molecule has 2 aromatic carbocycles. The van der Waals surface area contributed by atoms with E-state index in [2.05, 4.69) is 13.2 Å². The summed E-state index contributed by atoms with van der Waals surface area (Å²) in [5.41, 5.74) is 2.80. The van der Waals surface area contributed by atoms with Gasteiger partial charge in [-0.1, -0.05) is 49.6 Å². The maximum Gasteiger partial charge on any atom is 0.338 e. The lowest BCUT2D eigenvalue weighted by molar-refractivity contribution is -0.0239. The Morgan fingerprint density at radius 3 is 1.44 bits per heavy atom. The molecule has 0 spiro atoms. The van der Waals surface area contributed by atoms with Gasteiger partial charge in [-0.25, -0.2) is 9.59 Å². The van der Waals surface area contributed by atoms with Gasteiger partial charge in [0.05, 0.1) is 11.1 Å². The maximum atomic E-state index is 12.4. The van der Waals surface area contributed by atoms with E-state index in [0.717, 1.165) is 17.5 Å². The molecule has 0 unspecified atom stereocenters. The van der Waals surface area contributed by atoms with Gasteiger partial charge < -0.3 is 9.47 Å². The molecular formula is C23H22O4. The molecule has 1 saturated carbocycles. The van der Waals surface area contributed by atoms with Crippen molar-refractivity contribution in [2.24, 2.45) is 0 Å². The molecule has 0 amide bonds. The first-order valence-electron chi connectivity index (χ1n) is 8.97. The topological polar surface area (TPSA) is 52.6 Å². The number of benzene rings is 2. The van der Waals surface area contributed by atoms with Crippen LogP contribution in [0.25, 0.3) is 12.2 Å². The minimum atomic E-state index is -0.423. The Hall–Kier alpha value is -3.14. The van der Waals surface area contributed by atoms with Gasteiger partial charge in [0.1, 0.15) is 12.2 Å². The molecule has 4 heteroatoms. The zero-order valence-corrected chi connectivity index (χ0v) is 15.1. The predicted octanol–water partition coefficient (Wildman–Crippen LogP) is 4.91. The quantitative estimate of drug-likeness (QED) is 0.685. The van der Waals surface area contributed by atoms with Crippen molar-refractivity contribution in [1.82, 2.24) is 0 Å². The summed E-state index contributed by atoms with van der Waals surface area (Å²) in [6, 6.07) is 14.1. The molecule has 0 aromatic heterocycles. The molecule has 0 N–H and O–H groups in total. The number of carbonyl (C=O) groups excluding carboxylic acids is 2. The Bertz CT molecular complexity index is 762. The molecule has 138 valence electrons. The summed E-state index contributed by atoms with van der Waals surface area (Å²) in [6.07, 6.45) is 4.79. The third kappa shape index (κ3) is 4.53. The van der Waals surface area contributed by atoms with Crippen molar-refractivity contribution in [3.63, 3.8) is 0 Å². The van der Waals surface area contributed by atoms with E-state index in [-0.39, 0.29) is 0 Å². The highest BCUT2D eigenvalue weighted by Crippen LogP contribution is 2.27. The maximum absolute atomic E-state index is 12.4. The van der Waals surface area contributed by atoms with Crippen LogP contribution < -0.4 is 0 Å². The fourth-order valence-electron chi connectivity index (χ4n) is 3.08. The van der Waals surface area contributed by atoms with Crippen LogP contribution in [-0.4, -0.2) is 24.1 Å². The molecule has 0 heterocycles. The molecule has 4 nitrogen and oxygen atoms in total. The van der Waals surface area contributed by atoms with E-state index in [9.17, 15) is 9.59 Å². The van der Waals surface area contributed by atoms with Crippen molar-refractivity contribution >= 4 is 24.1 Å². The van der Waals surface area contributed by atoms with Crippen LogP contribution in [-0.2, 0) is 9.47 Å². The molecule has 1 fully saturated rings. The summed E-state index contributed by atoms with van der Waals surface area (Å²) >= 11 is 0. The van der Waals surface area contributed by atoms with Crippen LogP contribution in [0.3, 0.4) is 0 Å². The van der Waals surface area contributed by atoms with Crippen LogP contribution in [0.5, 0.6) is 0 Å². The zero-order valence-electron chi connectivity index (χ0n) is 15.1. The molecule has 1 aliphatic rings. The van der Waals surface area contributed by atoms with Gasteiger partial charge >= 0.3 is 11.9 Å². The average Bonchev–Trinajstić information content (AvgIpc) is 3.14. The van der Waals surface area contributed by atoms with Gasteiger partial charge in [-0.15, -0.1) is 0 Å². The Morgan fingerprint density at radius 1 is 0.741 bits per heavy atom. The first-order valence-corrected chi connectivity index (χ1v) is 8.97. The summed E-state index contributed by atoms with van der Waals surface area (Å²) in [7, 11) is 0. The normalized spacial score (nSPS) is 18.5. The Morgan fingerprint density at radius 2 is 1.11 bits per heavy atom. The fraction of sp³-hybridized carbons (Fsp3) is 0.217. The van der Waals surface area contributed by atoms with Crippen molar-refractivity contribution < 1.29 is 19.1 Å². The number of hydrogen-bond donors (Lipinski definition) is 0. The number of carbonyl (C=O) groups is 2. The van der Waals surface area contributed by atoms with Crippen molar-refractivity contribution in [2.75, 3.05) is 0 Å². The van der Waals surface area contributed by atoms with Gasteiger partial charge in [0, 0.05) is 0 Å². The minimum Gasteiger partial charge on any atom is -0.455 e. The third-order valence-corrected chi connectivity index (χ3v) is 4.67. The first-order chi connectivity index (χ1) is 13.1. The van der Waals surface area contributed by atoms with Crippen LogP contribution in [0.4, 0.5) is 0 Å². The summed E-state index contributed by atoms with van der Waals surface area (Å²) < 4.78 is 11.2. The Labute approximate surface area is 159 Å². The lowest BCUT2D eigenvalue weighted by Gasteiger charge is -2.20. The second kappa shape index (κ2) is 8.49. The molecular weight excluding hydrogens is 340 g/mol. The molecule has 0 aliphatic heterocycles. The van der Waals surface area contributed by atoms with Crippen molar-refractivity contribution in [3.8, 4) is 0 Å². The summed E-state index contributed by atoms with van der Waals surface area (Å²) in [5.74, 6) is -0.817. The van der Waals surface area contributed by atoms with E-state index >= 15 is 0 Å². The molecule has 2 atom stereocenters. The Kier molecular flexibility index (Phi) is 5.87. The fourth-order valence-corrected chi connectivity index (χ4v) is 3.08. The van der Waals surface area contributed by atoms with Gasteiger partial charge in [0.15, 0.2) is 0 Å². The second-order valence-corrected chi connectivity index (χ2v) is 6.47. The summed E-state index contributed by atoms with van der Waals surface area (Å²) in [4.78, 5) is 24.7. The molecule has 0 saturated heterocycles. The standard InChI is InChI=1S/C23H22O4/c1-3-16-8-12-18(13-9-16)22(24)26-20-6-5-7-21(20)27-23(25)19-14-10-17(4-2)11-15-19/h3-4,8-15,20-21H,1-2,5-7H2/t20-,21-/m0/s1. The smallest absolute Gasteiger partial charge is 0.338 e. The number of rotatable bonds is 6. The highest BCUT2D eigenvalue weighted by atomic mass is 16.6. The molecule has 0 radical (unpaired) electrons. The lowest BCUT2D eigenvalue weighted by Crippen LogP contribution is -2.30. The number of esters is 2. The zero-order chi connectivity index (χ0) is 19.2. The molecule has 0 bridgehead atoms. The van der Waals surface area contributed by atoms with E-state index in [1.807, 2.05) is 24.3 Å². The van der Waals surface area contributed by atoms with E-state index in [4.69, 9.17) is 9.47 Å². The van der Waals surface area contributed by atoms with Crippen LogP contribution in [0.1, 0.15) is 51.1 Å². The van der Waals surface area contributed by atoms with Crippen LogP contribution in [0, 0.1) is 0 Å². The molecule has 2 aromatic rings. The van der Waals surface area contributed by atoms with Crippen molar-refractivity contribution in [2.45, 2.75) is 31.5 Å². The van der Waals surface area contributed by atoms with E-state index in [1.54, 1.807) is 36.4 Å². The van der Waals surface area contributed by atoms with Gasteiger partial charge in [-0.2, -0.15) is 0 Å². The van der Waals surface area contributed by atoms with Gasteiger partial charge in [0.2, 0.25) is 0 Å². The monoisotopic (exact) mass is 362 g/mol. The van der Waals surface area contributed by atoms with Crippen LogP contribution in [0.15, 0.2) is 61.7 Å². The van der Waals surface area contributed by atoms with Crippen molar-refractivity contribution in [3.05, 3.63) is 83.9 Å². The SMILES string of the molecule is C=Cc1ccc(C(=O)O[C@H]2CCC[C@@H]2OC(=O)c2ccc(C=C)cc2)cc1. The molecule has 3 rings (SSSR count). The van der Waals surface area contributed by atoms with Gasteiger partial charge in [-0.05, 0) is 54.7 Å². The van der Waals surface area contributed by atoms with E-state index in [0.29, 0.717) is 24.0 Å². The highest BCUT2D eigenvalue weighted by molar-refractivity contribution is 5.90. The molecule has 1 aliphatic carbocycles. The lowest BCUT2D eigenvalue weighted by atomic mass is 10.1. The minimum absolute atomic E-state index is 0.408. The second-order valence-electron chi connectivity index (χ2n) is 6.47. The van der Waals surface area contributed by atoms with E-state index in [1.165, 1.54) is 0 Å².